The Labute approximate surface area is 63.8 Å². The Bertz CT molecular complexity index is 91.1. The van der Waals surface area contributed by atoms with Crippen molar-refractivity contribution in [3.63, 3.8) is 0 Å². The average Bonchev–Trinajstić information content (AvgIpc) is 1.63. The third kappa shape index (κ3) is 5.87. The van der Waals surface area contributed by atoms with Gasteiger partial charge in [-0.25, -0.2) is 0 Å². The minimum absolute atomic E-state index is 0.122. The van der Waals surface area contributed by atoms with Crippen molar-refractivity contribution in [2.24, 2.45) is 0 Å². The van der Waals surface area contributed by atoms with Crippen LogP contribution >= 0.6 is 0 Å². The molecule has 0 aliphatic rings. The van der Waals surface area contributed by atoms with Gasteiger partial charge in [-0.05, 0) is 0 Å². The summed E-state index contributed by atoms with van der Waals surface area (Å²) in [6, 6.07) is 0. The van der Waals surface area contributed by atoms with Crippen LogP contribution in [0.5, 0.6) is 0 Å². The van der Waals surface area contributed by atoms with E-state index in [1.807, 2.05) is 13.8 Å². The molecule has 0 aliphatic carbocycles. The van der Waals surface area contributed by atoms with E-state index >= 15 is 0 Å². The molecule has 0 aromatic heterocycles. The second-order valence-electron chi connectivity index (χ2n) is 1.82. The zero-order chi connectivity index (χ0) is 7.28. The summed E-state index contributed by atoms with van der Waals surface area (Å²) >= 11 is 2.83. The van der Waals surface area contributed by atoms with Crippen LogP contribution in [0.15, 0.2) is 0 Å². The van der Waals surface area contributed by atoms with Gasteiger partial charge in [0.1, 0.15) is 0 Å². The van der Waals surface area contributed by atoms with Crippen molar-refractivity contribution < 1.29 is 9.53 Å². The van der Waals surface area contributed by atoms with Crippen molar-refractivity contribution in [2.45, 2.75) is 25.1 Å². The normalized spacial score (nSPS) is 12.8. The fourth-order valence-corrected chi connectivity index (χ4v) is 0.740. The van der Waals surface area contributed by atoms with Gasteiger partial charge in [-0.15, -0.1) is 0 Å². The Hall–Kier alpha value is -0.0105. The van der Waals surface area contributed by atoms with Crippen LogP contribution in [0.25, 0.3) is 0 Å². The van der Waals surface area contributed by atoms with E-state index in [9.17, 15) is 4.79 Å². The van der Waals surface area contributed by atoms with Crippen molar-refractivity contribution in [2.75, 3.05) is 6.61 Å². The fourth-order valence-electron chi connectivity index (χ4n) is 0.455. The monoisotopic (exact) mass is 195 g/mol. The molecule has 1 atom stereocenters. The summed E-state index contributed by atoms with van der Waals surface area (Å²) in [5.41, 5.74) is 0. The summed E-state index contributed by atoms with van der Waals surface area (Å²) in [5, 5.41) is 0. The molecular formula is C6H11O2Se. The number of hydrogen-bond acceptors (Lipinski definition) is 2. The molecule has 0 bridgehead atoms. The van der Waals surface area contributed by atoms with E-state index in [0.29, 0.717) is 13.0 Å². The van der Waals surface area contributed by atoms with E-state index in [4.69, 9.17) is 4.74 Å². The number of carbonyl (C=O) groups excluding carboxylic acids is 1. The third-order valence-electron chi connectivity index (χ3n) is 0.759. The number of ether oxygens (including phenoxy) is 1. The van der Waals surface area contributed by atoms with E-state index < -0.39 is 0 Å². The molecule has 0 N–H and O–H groups in total. The Morgan fingerprint density at radius 1 is 1.78 bits per heavy atom. The van der Waals surface area contributed by atoms with Crippen molar-refractivity contribution in [1.29, 1.82) is 0 Å². The molecule has 0 rings (SSSR count). The first-order valence-corrected chi connectivity index (χ1v) is 3.97. The van der Waals surface area contributed by atoms with Crippen LogP contribution in [-0.4, -0.2) is 28.6 Å². The average molecular weight is 194 g/mol. The molecule has 0 spiro atoms. The van der Waals surface area contributed by atoms with E-state index in [0.717, 1.165) is 0 Å². The van der Waals surface area contributed by atoms with E-state index in [-0.39, 0.29) is 10.8 Å². The summed E-state index contributed by atoms with van der Waals surface area (Å²) in [5.74, 6) is -0.122. The molecule has 0 heterocycles. The SMILES string of the molecule is CCOC(=O)CC(C)[Se]. The standard InChI is InChI=1S/C6H11O2Se/c1-3-8-6(7)4-5(2)9/h5H,3-4H2,1-2H3. The van der Waals surface area contributed by atoms with Gasteiger partial charge in [0.15, 0.2) is 0 Å². The second-order valence-corrected chi connectivity index (χ2v) is 3.51. The molecule has 0 amide bonds. The number of carbonyl (C=O) groups is 1. The molecule has 0 aromatic rings. The summed E-state index contributed by atoms with van der Waals surface area (Å²) in [7, 11) is 0. The van der Waals surface area contributed by atoms with Crippen LogP contribution in [0.4, 0.5) is 0 Å². The Kier molecular flexibility index (Phi) is 4.82. The van der Waals surface area contributed by atoms with E-state index in [1.165, 1.54) is 0 Å². The summed E-state index contributed by atoms with van der Waals surface area (Å²) in [6.45, 7) is 4.23. The molecular weight excluding hydrogens is 183 g/mol. The molecule has 3 heteroatoms. The Morgan fingerprint density at radius 2 is 2.33 bits per heavy atom. The number of hydrogen-bond donors (Lipinski definition) is 0. The number of esters is 1. The van der Waals surface area contributed by atoms with Gasteiger partial charge in [0.05, 0.1) is 0 Å². The van der Waals surface area contributed by atoms with E-state index in [2.05, 4.69) is 16.0 Å². The van der Waals surface area contributed by atoms with Gasteiger partial charge in [0, 0.05) is 0 Å². The summed E-state index contributed by atoms with van der Waals surface area (Å²) in [6.07, 6.45) is 0.480. The van der Waals surface area contributed by atoms with Crippen LogP contribution in [0.1, 0.15) is 20.3 Å². The first-order valence-electron chi connectivity index (χ1n) is 2.98. The minimum atomic E-state index is -0.122. The van der Waals surface area contributed by atoms with Crippen molar-refractivity contribution >= 4 is 22.0 Å². The van der Waals surface area contributed by atoms with Crippen LogP contribution in [0, 0.1) is 0 Å². The maximum atomic E-state index is 10.6. The third-order valence-corrected chi connectivity index (χ3v) is 1.11. The fraction of sp³-hybridized carbons (Fsp3) is 0.833. The molecule has 0 saturated carbocycles. The van der Waals surface area contributed by atoms with Crippen LogP contribution < -0.4 is 0 Å². The van der Waals surface area contributed by atoms with Gasteiger partial charge in [-0.2, -0.15) is 0 Å². The molecule has 1 radical (unpaired) electrons. The van der Waals surface area contributed by atoms with Crippen molar-refractivity contribution in [1.82, 2.24) is 0 Å². The summed E-state index contributed by atoms with van der Waals surface area (Å²) < 4.78 is 4.69. The van der Waals surface area contributed by atoms with Crippen LogP contribution in [0.3, 0.4) is 0 Å². The summed E-state index contributed by atoms with van der Waals surface area (Å²) in [4.78, 5) is 10.9. The molecule has 0 aliphatic heterocycles. The first kappa shape index (κ1) is 8.99. The molecule has 0 fully saturated rings. The molecule has 0 aromatic carbocycles. The molecule has 2 nitrogen and oxygen atoms in total. The predicted molar refractivity (Wildman–Crippen MR) is 36.4 cm³/mol. The predicted octanol–water partition coefficient (Wildman–Crippen LogP) is 0.916. The van der Waals surface area contributed by atoms with Crippen molar-refractivity contribution in [3.8, 4) is 0 Å². The molecule has 1 unspecified atom stereocenters. The van der Waals surface area contributed by atoms with Gasteiger partial charge in [-0.1, -0.05) is 0 Å². The number of rotatable bonds is 3. The Balaban J connectivity index is 3.27. The van der Waals surface area contributed by atoms with Crippen molar-refractivity contribution in [3.05, 3.63) is 0 Å². The van der Waals surface area contributed by atoms with Crippen LogP contribution in [-0.2, 0) is 9.53 Å². The van der Waals surface area contributed by atoms with Gasteiger partial charge in [0.25, 0.3) is 0 Å². The van der Waals surface area contributed by atoms with Gasteiger partial charge in [-0.3, -0.25) is 0 Å². The van der Waals surface area contributed by atoms with Gasteiger partial charge < -0.3 is 0 Å². The zero-order valence-electron chi connectivity index (χ0n) is 5.72. The maximum absolute atomic E-state index is 10.6. The zero-order valence-corrected chi connectivity index (χ0v) is 7.43. The van der Waals surface area contributed by atoms with Gasteiger partial charge in [0.2, 0.25) is 0 Å². The quantitative estimate of drug-likeness (QED) is 0.493. The first-order chi connectivity index (χ1) is 4.16. The topological polar surface area (TPSA) is 26.3 Å². The molecule has 0 saturated heterocycles. The van der Waals surface area contributed by atoms with E-state index in [1.54, 1.807) is 0 Å². The Morgan fingerprint density at radius 3 is 2.67 bits per heavy atom. The second kappa shape index (κ2) is 4.83. The van der Waals surface area contributed by atoms with Gasteiger partial charge >= 0.3 is 63.2 Å². The molecule has 9 heavy (non-hydrogen) atoms. The molecule has 53 valence electrons. The van der Waals surface area contributed by atoms with Crippen LogP contribution in [0.2, 0.25) is 4.82 Å².